The number of rotatable bonds is 9. The Morgan fingerprint density at radius 1 is 1.24 bits per heavy atom. The van der Waals surface area contributed by atoms with Crippen LogP contribution in [-0.2, 0) is 21.2 Å². The number of amidine groups is 1. The first-order valence-corrected chi connectivity index (χ1v) is 13.5. The van der Waals surface area contributed by atoms with E-state index in [-0.39, 0.29) is 68.8 Å². The Morgan fingerprint density at radius 2 is 2.00 bits per heavy atom. The first-order chi connectivity index (χ1) is 17.7. The van der Waals surface area contributed by atoms with Gasteiger partial charge in [-0.05, 0) is 61.6 Å². The predicted octanol–water partition coefficient (Wildman–Crippen LogP) is 1.26. The fourth-order valence-electron chi connectivity index (χ4n) is 4.54. The molecule has 0 bridgehead atoms. The number of benzene rings is 2. The van der Waals surface area contributed by atoms with Crippen molar-refractivity contribution in [1.82, 2.24) is 14.9 Å². The molecule has 0 aromatic heterocycles. The summed E-state index contributed by atoms with van der Waals surface area (Å²) in [5.74, 6) is -0.489. The molecule has 2 aromatic rings. The van der Waals surface area contributed by atoms with Gasteiger partial charge in [-0.25, -0.2) is 12.7 Å². The van der Waals surface area contributed by atoms with Gasteiger partial charge in [0.15, 0.2) is 5.75 Å². The number of hydrogen-bond donors (Lipinski definition) is 3. The summed E-state index contributed by atoms with van der Waals surface area (Å²) in [4.78, 5) is 33.3. The molecular weight excluding hydrogens is 503 g/mol. The minimum absolute atomic E-state index is 0.0112. The van der Waals surface area contributed by atoms with Crippen molar-refractivity contribution in [2.75, 3.05) is 32.0 Å². The van der Waals surface area contributed by atoms with E-state index in [2.05, 4.69) is 20.6 Å². The number of aliphatic hydroxyl groups is 1. The largest absolute Gasteiger partial charge is 0.395 e. The number of carbonyl (C=O) groups is 2. The van der Waals surface area contributed by atoms with Crippen LogP contribution in [0.5, 0.6) is 5.75 Å². The number of halogens is 1. The predicted molar refractivity (Wildman–Crippen MR) is 134 cm³/mol. The van der Waals surface area contributed by atoms with Gasteiger partial charge in [0.25, 0.3) is 11.8 Å². The second kappa shape index (κ2) is 11.0. The van der Waals surface area contributed by atoms with Crippen molar-refractivity contribution >= 4 is 27.7 Å². The third kappa shape index (κ3) is 5.81. The maximum absolute atomic E-state index is 13.1. The molecule has 0 aliphatic carbocycles. The van der Waals surface area contributed by atoms with Crippen molar-refractivity contribution in [2.45, 2.75) is 31.7 Å². The molecule has 2 aromatic carbocycles. The minimum atomic E-state index is -3.62. The summed E-state index contributed by atoms with van der Waals surface area (Å²) in [6.45, 7) is 2.10. The monoisotopic (exact) mass is 532 g/mol. The summed E-state index contributed by atoms with van der Waals surface area (Å²) in [5.41, 5.74) is 1.45. The Labute approximate surface area is 214 Å². The lowest BCUT2D eigenvalue weighted by Crippen LogP contribution is -2.50. The number of aryl methyl sites for hydroxylation is 2. The van der Waals surface area contributed by atoms with E-state index in [9.17, 15) is 22.5 Å². The Morgan fingerprint density at radius 3 is 2.70 bits per heavy atom. The second-order valence-corrected chi connectivity index (χ2v) is 11.2. The van der Waals surface area contributed by atoms with Crippen LogP contribution in [-0.4, -0.2) is 73.0 Å². The van der Waals surface area contributed by atoms with Crippen LogP contribution >= 0.6 is 0 Å². The standard InChI is InChI=1S/C25H29FN4O6S/c1-17-5-6-20(23(32)27-10-13-31)15-18(17)7-14-37(34,35)30-11-8-25(9-12-30)24(33)28-22(29-25)19-3-2-4-21(16-19)36-26/h2-6,15-16,31H,7-14H2,1H3,(H,27,32)(H,28,29,33). The molecule has 1 saturated heterocycles. The van der Waals surface area contributed by atoms with Crippen molar-refractivity contribution in [2.24, 2.45) is 4.99 Å². The lowest BCUT2D eigenvalue weighted by molar-refractivity contribution is -0.124. The van der Waals surface area contributed by atoms with E-state index in [1.54, 1.807) is 30.3 Å². The van der Waals surface area contributed by atoms with Crippen LogP contribution in [0.2, 0.25) is 0 Å². The Hall–Kier alpha value is -3.35. The summed E-state index contributed by atoms with van der Waals surface area (Å²) in [6, 6.07) is 11.2. The fraction of sp³-hybridized carbons (Fsp3) is 0.400. The Balaban J connectivity index is 1.40. The molecule has 2 amide bonds. The highest BCUT2D eigenvalue weighted by Crippen LogP contribution is 2.32. The van der Waals surface area contributed by atoms with Gasteiger partial charge in [-0.3, -0.25) is 19.5 Å². The number of sulfonamides is 1. The molecule has 2 aliphatic heterocycles. The molecule has 0 atom stereocenters. The van der Waals surface area contributed by atoms with Gasteiger partial charge in [0.05, 0.1) is 12.4 Å². The summed E-state index contributed by atoms with van der Waals surface area (Å²) in [7, 11) is -3.62. The van der Waals surface area contributed by atoms with Crippen molar-refractivity contribution in [3.63, 3.8) is 0 Å². The molecule has 1 spiro atoms. The van der Waals surface area contributed by atoms with Crippen molar-refractivity contribution in [3.05, 3.63) is 64.7 Å². The van der Waals surface area contributed by atoms with E-state index in [0.29, 0.717) is 17.0 Å². The summed E-state index contributed by atoms with van der Waals surface area (Å²) in [5, 5.41) is 14.2. The van der Waals surface area contributed by atoms with Gasteiger partial charge in [0.2, 0.25) is 10.0 Å². The molecule has 2 aliphatic rings. The Kier molecular flexibility index (Phi) is 7.90. The number of aliphatic hydroxyl groups excluding tert-OH is 1. The quantitative estimate of drug-likeness (QED) is 0.445. The van der Waals surface area contributed by atoms with Crippen LogP contribution in [0.15, 0.2) is 47.5 Å². The molecule has 4 rings (SSSR count). The van der Waals surface area contributed by atoms with Crippen LogP contribution in [0, 0.1) is 6.92 Å². The molecule has 37 heavy (non-hydrogen) atoms. The highest BCUT2D eigenvalue weighted by atomic mass is 32.2. The molecule has 12 heteroatoms. The molecule has 198 valence electrons. The molecule has 0 saturated carbocycles. The van der Waals surface area contributed by atoms with Gasteiger partial charge in [0.1, 0.15) is 11.4 Å². The van der Waals surface area contributed by atoms with E-state index in [1.165, 1.54) is 16.4 Å². The zero-order chi connectivity index (χ0) is 26.6. The highest BCUT2D eigenvalue weighted by Gasteiger charge is 2.47. The molecule has 0 radical (unpaired) electrons. The van der Waals surface area contributed by atoms with E-state index >= 15 is 0 Å². The smallest absolute Gasteiger partial charge is 0.253 e. The van der Waals surface area contributed by atoms with Gasteiger partial charge in [-0.1, -0.05) is 18.2 Å². The third-order valence-corrected chi connectivity index (χ3v) is 8.63. The van der Waals surface area contributed by atoms with Crippen LogP contribution in [0.25, 0.3) is 0 Å². The molecule has 0 unspecified atom stereocenters. The lowest BCUT2D eigenvalue weighted by atomic mass is 9.89. The number of amides is 2. The maximum Gasteiger partial charge on any atom is 0.253 e. The van der Waals surface area contributed by atoms with Crippen molar-refractivity contribution in [1.29, 1.82) is 0 Å². The molecule has 1 fully saturated rings. The van der Waals surface area contributed by atoms with Gasteiger partial charge < -0.3 is 15.7 Å². The van der Waals surface area contributed by atoms with E-state index in [4.69, 9.17) is 5.11 Å². The Bertz CT molecular complexity index is 1320. The number of nitrogens with zero attached hydrogens (tertiary/aromatic N) is 2. The average Bonchev–Trinajstić information content (AvgIpc) is 3.22. The number of aliphatic imine (C=N–C) groups is 1. The fourth-order valence-corrected chi connectivity index (χ4v) is 6.01. The SMILES string of the molecule is Cc1ccc(C(=O)NCCO)cc1CCS(=O)(=O)N1CCC2(CC1)N=C(c1cccc(OF)c1)NC2=O. The minimum Gasteiger partial charge on any atom is -0.395 e. The molecule has 3 N–H and O–H groups in total. The molecular formula is C25H29FN4O6S. The van der Waals surface area contributed by atoms with E-state index < -0.39 is 15.6 Å². The first kappa shape index (κ1) is 26.7. The zero-order valence-corrected chi connectivity index (χ0v) is 21.2. The van der Waals surface area contributed by atoms with Crippen molar-refractivity contribution < 1.29 is 32.6 Å². The number of piperidine rings is 1. The summed E-state index contributed by atoms with van der Waals surface area (Å²) >= 11 is 0. The molecule has 10 nitrogen and oxygen atoms in total. The van der Waals surface area contributed by atoms with Gasteiger partial charge in [-0.2, -0.15) is 0 Å². The van der Waals surface area contributed by atoms with Crippen LogP contribution in [0.4, 0.5) is 4.53 Å². The van der Waals surface area contributed by atoms with E-state index in [0.717, 1.165) is 11.1 Å². The maximum atomic E-state index is 13.1. The lowest BCUT2D eigenvalue weighted by Gasteiger charge is -2.34. The van der Waals surface area contributed by atoms with Crippen LogP contribution in [0.3, 0.4) is 0 Å². The number of carbonyl (C=O) groups excluding carboxylic acids is 2. The van der Waals surface area contributed by atoms with Crippen molar-refractivity contribution in [3.8, 4) is 5.75 Å². The van der Waals surface area contributed by atoms with Gasteiger partial charge >= 0.3 is 0 Å². The van der Waals surface area contributed by atoms with Crippen LogP contribution in [0.1, 0.15) is 39.9 Å². The summed E-state index contributed by atoms with van der Waals surface area (Å²) < 4.78 is 40.1. The zero-order valence-electron chi connectivity index (χ0n) is 20.4. The highest BCUT2D eigenvalue weighted by molar-refractivity contribution is 7.89. The average molecular weight is 533 g/mol. The number of nitrogens with one attached hydrogen (secondary N) is 2. The topological polar surface area (TPSA) is 137 Å². The summed E-state index contributed by atoms with van der Waals surface area (Å²) in [6.07, 6.45) is 0.674. The second-order valence-electron chi connectivity index (χ2n) is 9.14. The van der Waals surface area contributed by atoms with E-state index in [1.807, 2.05) is 6.92 Å². The molecule has 2 heterocycles. The van der Waals surface area contributed by atoms with Gasteiger partial charge in [-0.15, -0.1) is 0 Å². The third-order valence-electron chi connectivity index (χ3n) is 6.76. The van der Waals surface area contributed by atoms with Gasteiger partial charge in [0, 0.05) is 35.3 Å². The number of hydrogen-bond acceptors (Lipinski definition) is 7. The normalized spacial score (nSPS) is 17.4. The van der Waals surface area contributed by atoms with Crippen LogP contribution < -0.4 is 15.6 Å². The first-order valence-electron chi connectivity index (χ1n) is 11.9.